The molecule has 1 aromatic heterocycles. The third-order valence-corrected chi connectivity index (χ3v) is 3.38. The first-order chi connectivity index (χ1) is 8.16. The van der Waals surface area contributed by atoms with Gasteiger partial charge in [-0.3, -0.25) is 4.90 Å². The predicted octanol–water partition coefficient (Wildman–Crippen LogP) is 2.58. The second-order valence-electron chi connectivity index (χ2n) is 5.38. The predicted molar refractivity (Wildman–Crippen MR) is 70.1 cm³/mol. The topological polar surface area (TPSA) is 28.4 Å². The number of rotatable bonds is 4. The summed E-state index contributed by atoms with van der Waals surface area (Å²) in [6.45, 7) is 11.0. The molecule has 1 atom stereocenters. The largest absolute Gasteiger partial charge is 0.465 e. The van der Waals surface area contributed by atoms with Crippen LogP contribution in [0.25, 0.3) is 0 Å². The molecule has 1 aliphatic rings. The molecule has 1 aromatic rings. The van der Waals surface area contributed by atoms with Crippen molar-refractivity contribution in [2.24, 2.45) is 5.92 Å². The molecule has 1 N–H and O–H groups in total. The molecule has 2 heterocycles. The highest BCUT2D eigenvalue weighted by Crippen LogP contribution is 2.29. The van der Waals surface area contributed by atoms with Crippen molar-refractivity contribution in [1.29, 1.82) is 0 Å². The van der Waals surface area contributed by atoms with Crippen molar-refractivity contribution in [3.63, 3.8) is 0 Å². The van der Waals surface area contributed by atoms with Gasteiger partial charge >= 0.3 is 0 Å². The van der Waals surface area contributed by atoms with Crippen molar-refractivity contribution in [3.05, 3.63) is 23.7 Å². The van der Waals surface area contributed by atoms with Gasteiger partial charge in [0.1, 0.15) is 11.5 Å². The van der Waals surface area contributed by atoms with Gasteiger partial charge in [0.05, 0.1) is 6.04 Å². The highest BCUT2D eigenvalue weighted by atomic mass is 16.3. The van der Waals surface area contributed by atoms with E-state index in [0.29, 0.717) is 12.0 Å². The molecule has 0 spiro atoms. The van der Waals surface area contributed by atoms with Crippen molar-refractivity contribution in [2.75, 3.05) is 26.2 Å². The number of hydrogen-bond acceptors (Lipinski definition) is 3. The minimum absolute atomic E-state index is 0.450. The highest BCUT2D eigenvalue weighted by Gasteiger charge is 2.25. The lowest BCUT2D eigenvalue weighted by molar-refractivity contribution is 0.135. The molecule has 17 heavy (non-hydrogen) atoms. The highest BCUT2D eigenvalue weighted by molar-refractivity contribution is 5.10. The van der Waals surface area contributed by atoms with Gasteiger partial charge in [-0.15, -0.1) is 0 Å². The van der Waals surface area contributed by atoms with Crippen LogP contribution in [0.15, 0.2) is 16.5 Å². The average Bonchev–Trinajstić information content (AvgIpc) is 2.73. The third kappa shape index (κ3) is 3.33. The Morgan fingerprint density at radius 1 is 1.29 bits per heavy atom. The van der Waals surface area contributed by atoms with Crippen molar-refractivity contribution in [2.45, 2.75) is 33.2 Å². The zero-order chi connectivity index (χ0) is 12.3. The van der Waals surface area contributed by atoms with E-state index in [1.165, 1.54) is 6.42 Å². The van der Waals surface area contributed by atoms with E-state index in [4.69, 9.17) is 4.42 Å². The Labute approximate surface area is 104 Å². The molecule has 0 radical (unpaired) electrons. The fraction of sp³-hybridized carbons (Fsp3) is 0.714. The molecule has 0 aliphatic carbocycles. The molecule has 3 nitrogen and oxygen atoms in total. The summed E-state index contributed by atoms with van der Waals surface area (Å²) in [5, 5.41) is 3.41. The molecule has 0 aromatic carbocycles. The number of furan rings is 1. The van der Waals surface area contributed by atoms with Crippen LogP contribution >= 0.6 is 0 Å². The minimum Gasteiger partial charge on any atom is -0.465 e. The van der Waals surface area contributed by atoms with E-state index < -0.39 is 0 Å². The molecule has 2 rings (SSSR count). The van der Waals surface area contributed by atoms with Gasteiger partial charge in [0.2, 0.25) is 0 Å². The number of hydrogen-bond donors (Lipinski definition) is 1. The zero-order valence-corrected chi connectivity index (χ0v) is 11.2. The fourth-order valence-electron chi connectivity index (χ4n) is 2.52. The zero-order valence-electron chi connectivity index (χ0n) is 11.2. The summed E-state index contributed by atoms with van der Waals surface area (Å²) in [7, 11) is 0. The Kier molecular flexibility index (Phi) is 4.24. The normalized spacial score (nSPS) is 19.8. The molecule has 96 valence electrons. The summed E-state index contributed by atoms with van der Waals surface area (Å²) in [4.78, 5) is 2.55. The quantitative estimate of drug-likeness (QED) is 0.871. The molecule has 0 amide bonds. The van der Waals surface area contributed by atoms with Crippen LogP contribution < -0.4 is 5.32 Å². The standard InChI is InChI=1S/C14H24N2O/c1-11(2)10-13(14-5-4-12(3)17-14)16-8-6-15-7-9-16/h4-5,11,13,15H,6-10H2,1-3H3/t13-/m0/s1. The van der Waals surface area contributed by atoms with Crippen LogP contribution in [0.1, 0.15) is 37.8 Å². The molecule has 1 saturated heterocycles. The Morgan fingerprint density at radius 3 is 2.53 bits per heavy atom. The Bertz CT molecular complexity index is 340. The van der Waals surface area contributed by atoms with E-state index >= 15 is 0 Å². The van der Waals surface area contributed by atoms with Crippen LogP contribution in [0.4, 0.5) is 0 Å². The van der Waals surface area contributed by atoms with Crippen molar-refractivity contribution < 1.29 is 4.42 Å². The Morgan fingerprint density at radius 2 is 2.00 bits per heavy atom. The van der Waals surface area contributed by atoms with Gasteiger partial charge in [-0.25, -0.2) is 0 Å². The Hall–Kier alpha value is -0.800. The average molecular weight is 236 g/mol. The maximum atomic E-state index is 5.84. The summed E-state index contributed by atoms with van der Waals surface area (Å²) < 4.78 is 5.84. The van der Waals surface area contributed by atoms with Gasteiger partial charge in [0, 0.05) is 26.2 Å². The van der Waals surface area contributed by atoms with Crippen LogP contribution in [0.5, 0.6) is 0 Å². The molecule has 3 heteroatoms. The van der Waals surface area contributed by atoms with E-state index in [1.807, 2.05) is 6.92 Å². The lowest BCUT2D eigenvalue weighted by Crippen LogP contribution is -2.45. The molecule has 0 saturated carbocycles. The first kappa shape index (κ1) is 12.7. The second kappa shape index (κ2) is 5.69. The van der Waals surface area contributed by atoms with Crippen LogP contribution in [0.2, 0.25) is 0 Å². The second-order valence-corrected chi connectivity index (χ2v) is 5.38. The van der Waals surface area contributed by atoms with Gasteiger partial charge in [-0.1, -0.05) is 13.8 Å². The number of aryl methyl sites for hydroxylation is 1. The van der Waals surface area contributed by atoms with Gasteiger partial charge in [0.15, 0.2) is 0 Å². The summed E-state index contributed by atoms with van der Waals surface area (Å²) in [5.41, 5.74) is 0. The van der Waals surface area contributed by atoms with Gasteiger partial charge in [-0.05, 0) is 31.4 Å². The van der Waals surface area contributed by atoms with Gasteiger partial charge in [0.25, 0.3) is 0 Å². The Balaban J connectivity index is 2.11. The van der Waals surface area contributed by atoms with Crippen LogP contribution in [-0.4, -0.2) is 31.1 Å². The maximum Gasteiger partial charge on any atom is 0.121 e. The van der Waals surface area contributed by atoms with E-state index in [2.05, 4.69) is 36.2 Å². The number of nitrogens with zero attached hydrogens (tertiary/aromatic N) is 1. The first-order valence-electron chi connectivity index (χ1n) is 6.68. The minimum atomic E-state index is 0.450. The maximum absolute atomic E-state index is 5.84. The van der Waals surface area contributed by atoms with Gasteiger partial charge in [-0.2, -0.15) is 0 Å². The van der Waals surface area contributed by atoms with Crippen LogP contribution in [0, 0.1) is 12.8 Å². The molecular weight excluding hydrogens is 212 g/mol. The van der Waals surface area contributed by atoms with Crippen molar-refractivity contribution >= 4 is 0 Å². The third-order valence-electron chi connectivity index (χ3n) is 3.38. The summed E-state index contributed by atoms with van der Waals surface area (Å²) in [5.74, 6) is 2.85. The van der Waals surface area contributed by atoms with E-state index in [-0.39, 0.29) is 0 Å². The molecule has 1 fully saturated rings. The van der Waals surface area contributed by atoms with Crippen LogP contribution in [0.3, 0.4) is 0 Å². The summed E-state index contributed by atoms with van der Waals surface area (Å²) in [6.07, 6.45) is 1.17. The smallest absolute Gasteiger partial charge is 0.121 e. The molecular formula is C14H24N2O. The summed E-state index contributed by atoms with van der Waals surface area (Å²) in [6, 6.07) is 4.67. The van der Waals surface area contributed by atoms with Gasteiger partial charge < -0.3 is 9.73 Å². The molecule has 1 aliphatic heterocycles. The molecule has 0 unspecified atom stereocenters. The fourth-order valence-corrected chi connectivity index (χ4v) is 2.52. The van der Waals surface area contributed by atoms with Crippen molar-refractivity contribution in [1.82, 2.24) is 10.2 Å². The van der Waals surface area contributed by atoms with Crippen LogP contribution in [-0.2, 0) is 0 Å². The van der Waals surface area contributed by atoms with Crippen molar-refractivity contribution in [3.8, 4) is 0 Å². The summed E-state index contributed by atoms with van der Waals surface area (Å²) >= 11 is 0. The monoisotopic (exact) mass is 236 g/mol. The lowest BCUT2D eigenvalue weighted by Gasteiger charge is -2.34. The lowest BCUT2D eigenvalue weighted by atomic mass is 10.00. The van der Waals surface area contributed by atoms with E-state index in [0.717, 1.165) is 37.7 Å². The SMILES string of the molecule is Cc1ccc([C@H](CC(C)C)N2CCNCC2)o1. The number of nitrogens with one attached hydrogen (secondary N) is 1. The number of piperazine rings is 1. The van der Waals surface area contributed by atoms with E-state index in [1.54, 1.807) is 0 Å². The van der Waals surface area contributed by atoms with E-state index in [9.17, 15) is 0 Å². The molecule has 0 bridgehead atoms. The first-order valence-corrected chi connectivity index (χ1v) is 6.68.